The molecule has 2 aromatic carbocycles. The molecule has 0 fully saturated rings. The number of benzene rings is 2. The van der Waals surface area contributed by atoms with E-state index in [4.69, 9.17) is 11.6 Å². The van der Waals surface area contributed by atoms with Crippen molar-refractivity contribution in [3.05, 3.63) is 58.9 Å². The van der Waals surface area contributed by atoms with Gasteiger partial charge in [-0.1, -0.05) is 23.7 Å². The summed E-state index contributed by atoms with van der Waals surface area (Å²) in [6.07, 6.45) is 0. The number of hydrogen-bond acceptors (Lipinski definition) is 3. The van der Waals surface area contributed by atoms with Crippen molar-refractivity contribution in [2.45, 2.75) is 26.4 Å². The highest BCUT2D eigenvalue weighted by atomic mass is 35.5. The summed E-state index contributed by atoms with van der Waals surface area (Å²) in [5, 5.41) is 6.14. The third kappa shape index (κ3) is 4.68. The molecule has 3 rings (SSSR count). The molecule has 7 nitrogen and oxygen atoms in total. The summed E-state index contributed by atoms with van der Waals surface area (Å²) in [7, 11) is 3.57. The highest BCUT2D eigenvalue weighted by molar-refractivity contribution is 6.33. The van der Waals surface area contributed by atoms with E-state index in [-0.39, 0.29) is 18.0 Å². The second-order valence-electron chi connectivity index (χ2n) is 7.18. The molecular weight excluding hydrogens is 390 g/mol. The molecule has 1 aromatic heterocycles. The van der Waals surface area contributed by atoms with Crippen molar-refractivity contribution < 1.29 is 9.59 Å². The van der Waals surface area contributed by atoms with Gasteiger partial charge in [0.05, 0.1) is 28.3 Å². The number of halogens is 1. The molecule has 29 heavy (non-hydrogen) atoms. The molecule has 2 N–H and O–H groups in total. The summed E-state index contributed by atoms with van der Waals surface area (Å²) in [6.45, 7) is 4.13. The lowest BCUT2D eigenvalue weighted by Gasteiger charge is -2.18. The van der Waals surface area contributed by atoms with Gasteiger partial charge in [0, 0.05) is 25.7 Å². The van der Waals surface area contributed by atoms with Crippen LogP contribution >= 0.6 is 11.6 Å². The molecule has 8 heteroatoms. The van der Waals surface area contributed by atoms with Gasteiger partial charge in [-0.3, -0.25) is 4.79 Å². The maximum atomic E-state index is 12.5. The van der Waals surface area contributed by atoms with Crippen molar-refractivity contribution in [1.29, 1.82) is 0 Å². The minimum atomic E-state index is -0.290. The van der Waals surface area contributed by atoms with Gasteiger partial charge in [-0.25, -0.2) is 9.78 Å². The van der Waals surface area contributed by atoms with Crippen molar-refractivity contribution in [3.63, 3.8) is 0 Å². The van der Waals surface area contributed by atoms with E-state index in [1.165, 1.54) is 4.90 Å². The lowest BCUT2D eigenvalue weighted by atomic mass is 10.2. The molecule has 0 aliphatic carbocycles. The molecule has 0 aliphatic rings. The van der Waals surface area contributed by atoms with Gasteiger partial charge < -0.3 is 20.1 Å². The quantitative estimate of drug-likeness (QED) is 0.662. The second kappa shape index (κ2) is 8.53. The fraction of sp³-hybridized carbons (Fsp3) is 0.286. The van der Waals surface area contributed by atoms with Crippen molar-refractivity contribution >= 4 is 40.3 Å². The average molecular weight is 414 g/mol. The summed E-state index contributed by atoms with van der Waals surface area (Å²) in [5.74, 6) is 0.573. The third-order valence-electron chi connectivity index (χ3n) is 4.50. The molecule has 0 saturated carbocycles. The number of hydrogen-bond donors (Lipinski definition) is 2. The minimum absolute atomic E-state index is 0.0581. The van der Waals surface area contributed by atoms with E-state index in [1.54, 1.807) is 43.4 Å². The van der Waals surface area contributed by atoms with Crippen LogP contribution in [0.3, 0.4) is 0 Å². The first-order valence-electron chi connectivity index (χ1n) is 9.29. The molecule has 152 valence electrons. The Morgan fingerprint density at radius 1 is 1.21 bits per heavy atom. The van der Waals surface area contributed by atoms with Crippen LogP contribution in [0.1, 0.15) is 30.0 Å². The van der Waals surface area contributed by atoms with E-state index >= 15 is 0 Å². The lowest BCUT2D eigenvalue weighted by Crippen LogP contribution is -2.31. The molecular formula is C21H24ClN5O2. The molecule has 0 spiro atoms. The predicted octanol–water partition coefficient (Wildman–Crippen LogP) is 4.03. The molecule has 0 unspecified atom stereocenters. The monoisotopic (exact) mass is 413 g/mol. The first-order chi connectivity index (χ1) is 13.8. The van der Waals surface area contributed by atoms with Crippen LogP contribution in [0, 0.1) is 0 Å². The number of urea groups is 1. The number of aromatic nitrogens is 2. The van der Waals surface area contributed by atoms with E-state index in [9.17, 15) is 9.59 Å². The first kappa shape index (κ1) is 20.7. The van der Waals surface area contributed by atoms with Gasteiger partial charge in [0.25, 0.3) is 5.91 Å². The number of fused-ring (bicyclic) bond motifs is 1. The van der Waals surface area contributed by atoms with E-state index in [0.29, 0.717) is 34.2 Å². The first-order valence-corrected chi connectivity index (χ1v) is 9.67. The topological polar surface area (TPSA) is 79.3 Å². The Kier molecular flexibility index (Phi) is 6.08. The summed E-state index contributed by atoms with van der Waals surface area (Å²) in [6, 6.07) is 12.2. The number of nitrogens with zero attached hydrogens (tertiary/aromatic N) is 3. The maximum absolute atomic E-state index is 12.5. The Morgan fingerprint density at radius 2 is 1.93 bits per heavy atom. The zero-order valence-corrected chi connectivity index (χ0v) is 17.6. The second-order valence-corrected chi connectivity index (χ2v) is 7.59. The fourth-order valence-electron chi connectivity index (χ4n) is 2.94. The molecule has 0 bridgehead atoms. The van der Waals surface area contributed by atoms with Gasteiger partial charge in [-0.15, -0.1) is 0 Å². The highest BCUT2D eigenvalue weighted by Gasteiger charge is 2.16. The summed E-state index contributed by atoms with van der Waals surface area (Å²) >= 11 is 6.10. The Hall–Kier alpha value is -3.06. The summed E-state index contributed by atoms with van der Waals surface area (Å²) in [4.78, 5) is 30.9. The fourth-order valence-corrected chi connectivity index (χ4v) is 3.12. The Bertz CT molecular complexity index is 1060. The molecule has 3 amide bonds. The Balaban J connectivity index is 1.77. The zero-order valence-electron chi connectivity index (χ0n) is 16.9. The van der Waals surface area contributed by atoms with Crippen molar-refractivity contribution in [3.8, 4) is 0 Å². The molecule has 3 aromatic rings. The van der Waals surface area contributed by atoms with Crippen LogP contribution in [0.2, 0.25) is 5.02 Å². The van der Waals surface area contributed by atoms with E-state index < -0.39 is 0 Å². The number of anilines is 1. The normalized spacial score (nSPS) is 11.0. The van der Waals surface area contributed by atoms with Crippen LogP contribution < -0.4 is 10.6 Å². The smallest absolute Gasteiger partial charge is 0.322 e. The van der Waals surface area contributed by atoms with Crippen molar-refractivity contribution in [2.75, 3.05) is 12.4 Å². The number of para-hydroxylation sites is 1. The van der Waals surface area contributed by atoms with Gasteiger partial charge in [-0.05, 0) is 44.2 Å². The highest BCUT2D eigenvalue weighted by Crippen LogP contribution is 2.21. The van der Waals surface area contributed by atoms with Crippen LogP contribution in [0.15, 0.2) is 42.5 Å². The van der Waals surface area contributed by atoms with Crippen LogP contribution in [-0.4, -0.2) is 39.5 Å². The van der Waals surface area contributed by atoms with E-state index in [0.717, 1.165) is 5.52 Å². The van der Waals surface area contributed by atoms with Crippen LogP contribution in [-0.2, 0) is 13.6 Å². The third-order valence-corrected chi connectivity index (χ3v) is 4.83. The number of imidazole rings is 1. The summed E-state index contributed by atoms with van der Waals surface area (Å²) < 4.78 is 1.92. The van der Waals surface area contributed by atoms with Gasteiger partial charge >= 0.3 is 6.03 Å². The SMILES string of the molecule is CC(C)NC(=O)c1ccc2c(c1)nc(CN(C)C(=O)Nc1ccccc1Cl)n2C. The zero-order chi connectivity index (χ0) is 21.1. The van der Waals surface area contributed by atoms with E-state index in [1.807, 2.05) is 31.5 Å². The van der Waals surface area contributed by atoms with Gasteiger partial charge in [-0.2, -0.15) is 0 Å². The number of rotatable bonds is 5. The van der Waals surface area contributed by atoms with Crippen molar-refractivity contribution in [1.82, 2.24) is 19.8 Å². The number of carbonyl (C=O) groups excluding carboxylic acids is 2. The van der Waals surface area contributed by atoms with Crippen molar-refractivity contribution in [2.24, 2.45) is 7.05 Å². The molecule has 1 heterocycles. The average Bonchev–Trinajstić information content (AvgIpc) is 2.98. The lowest BCUT2D eigenvalue weighted by molar-refractivity contribution is 0.0943. The molecule has 0 radical (unpaired) electrons. The molecule has 0 atom stereocenters. The standard InChI is InChI=1S/C21H24ClN5O2/c1-13(2)23-20(28)14-9-10-18-17(11-14)24-19(27(18)4)12-26(3)21(29)25-16-8-6-5-7-15(16)22/h5-11,13H,12H2,1-4H3,(H,23,28)(H,25,29). The van der Waals surface area contributed by atoms with E-state index in [2.05, 4.69) is 15.6 Å². The molecule has 0 saturated heterocycles. The predicted molar refractivity (Wildman–Crippen MR) is 115 cm³/mol. The van der Waals surface area contributed by atoms with Crippen LogP contribution in [0.4, 0.5) is 10.5 Å². The van der Waals surface area contributed by atoms with Crippen LogP contribution in [0.5, 0.6) is 0 Å². The number of carbonyl (C=O) groups is 2. The number of aryl methyl sites for hydroxylation is 1. The minimum Gasteiger partial charge on any atom is -0.350 e. The molecule has 0 aliphatic heterocycles. The summed E-state index contributed by atoms with van der Waals surface area (Å²) in [5.41, 5.74) is 2.71. The Morgan fingerprint density at radius 3 is 2.62 bits per heavy atom. The number of amides is 3. The van der Waals surface area contributed by atoms with Gasteiger partial charge in [0.2, 0.25) is 0 Å². The Labute approximate surface area is 174 Å². The van der Waals surface area contributed by atoms with Crippen LogP contribution in [0.25, 0.3) is 11.0 Å². The van der Waals surface area contributed by atoms with Gasteiger partial charge in [0.15, 0.2) is 0 Å². The maximum Gasteiger partial charge on any atom is 0.322 e. The number of nitrogens with one attached hydrogen (secondary N) is 2. The van der Waals surface area contributed by atoms with Gasteiger partial charge in [0.1, 0.15) is 5.82 Å². The largest absolute Gasteiger partial charge is 0.350 e.